The molecule has 0 aliphatic carbocycles. The van der Waals surface area contributed by atoms with E-state index in [9.17, 15) is 4.79 Å². The summed E-state index contributed by atoms with van der Waals surface area (Å²) >= 11 is 0. The van der Waals surface area contributed by atoms with Gasteiger partial charge in [0.25, 0.3) is 0 Å². The summed E-state index contributed by atoms with van der Waals surface area (Å²) in [5.74, 6) is 0.185. The summed E-state index contributed by atoms with van der Waals surface area (Å²) in [5.41, 5.74) is 5.88. The molecule has 17 heavy (non-hydrogen) atoms. The van der Waals surface area contributed by atoms with Crippen molar-refractivity contribution in [1.82, 2.24) is 9.80 Å². The number of likely N-dealkylation sites (tertiary alicyclic amines) is 1. The van der Waals surface area contributed by atoms with Crippen molar-refractivity contribution in [1.29, 1.82) is 0 Å². The van der Waals surface area contributed by atoms with E-state index in [1.807, 2.05) is 11.9 Å². The van der Waals surface area contributed by atoms with Gasteiger partial charge in [0.2, 0.25) is 5.91 Å². The van der Waals surface area contributed by atoms with Crippen LogP contribution in [0.3, 0.4) is 0 Å². The molecule has 1 aliphatic heterocycles. The number of rotatable bonds is 7. The second-order valence-corrected chi connectivity index (χ2v) is 5.12. The molecule has 1 heterocycles. The van der Waals surface area contributed by atoms with Crippen molar-refractivity contribution in [3.63, 3.8) is 0 Å². The zero-order valence-electron chi connectivity index (χ0n) is 11.3. The van der Waals surface area contributed by atoms with Crippen LogP contribution in [0.15, 0.2) is 0 Å². The molecule has 0 spiro atoms. The molecule has 1 aliphatic rings. The lowest BCUT2D eigenvalue weighted by Crippen LogP contribution is -2.38. The summed E-state index contributed by atoms with van der Waals surface area (Å²) in [6, 6.07) is 0.0294. The minimum absolute atomic E-state index is 0.0294. The highest BCUT2D eigenvalue weighted by molar-refractivity contribution is 5.76. The predicted octanol–water partition coefficient (Wildman–Crippen LogP) is 1.06. The van der Waals surface area contributed by atoms with Crippen LogP contribution in [0, 0.1) is 0 Å². The average molecular weight is 241 g/mol. The van der Waals surface area contributed by atoms with Crippen LogP contribution >= 0.6 is 0 Å². The highest BCUT2D eigenvalue weighted by Crippen LogP contribution is 2.07. The summed E-state index contributed by atoms with van der Waals surface area (Å²) in [6.45, 7) is 6.32. The van der Waals surface area contributed by atoms with E-state index in [-0.39, 0.29) is 11.9 Å². The van der Waals surface area contributed by atoms with Crippen LogP contribution in [0.2, 0.25) is 0 Å². The Balaban J connectivity index is 2.16. The molecule has 1 saturated heterocycles. The van der Waals surface area contributed by atoms with E-state index in [0.717, 1.165) is 25.9 Å². The zero-order chi connectivity index (χ0) is 12.7. The van der Waals surface area contributed by atoms with Gasteiger partial charge < -0.3 is 15.5 Å². The molecule has 100 valence electrons. The molecular weight excluding hydrogens is 214 g/mol. The molecule has 0 radical (unpaired) electrons. The Morgan fingerprint density at radius 1 is 1.41 bits per heavy atom. The van der Waals surface area contributed by atoms with Crippen molar-refractivity contribution >= 4 is 5.91 Å². The minimum atomic E-state index is 0.0294. The van der Waals surface area contributed by atoms with Crippen molar-refractivity contribution in [3.8, 4) is 0 Å². The van der Waals surface area contributed by atoms with Crippen LogP contribution in [0.25, 0.3) is 0 Å². The summed E-state index contributed by atoms with van der Waals surface area (Å²) in [4.78, 5) is 16.1. The first-order chi connectivity index (χ1) is 8.13. The van der Waals surface area contributed by atoms with E-state index in [2.05, 4.69) is 11.8 Å². The normalized spacial score (nSPS) is 18.3. The smallest absolute Gasteiger partial charge is 0.223 e. The molecule has 0 aromatic rings. The van der Waals surface area contributed by atoms with Crippen molar-refractivity contribution in [3.05, 3.63) is 0 Å². The minimum Gasteiger partial charge on any atom is -0.344 e. The van der Waals surface area contributed by atoms with Gasteiger partial charge in [-0.3, -0.25) is 4.79 Å². The molecule has 0 saturated carbocycles. The monoisotopic (exact) mass is 241 g/mol. The van der Waals surface area contributed by atoms with Crippen LogP contribution in [0.4, 0.5) is 0 Å². The fourth-order valence-electron chi connectivity index (χ4n) is 2.28. The fraction of sp³-hybridized carbons (Fsp3) is 0.923. The van der Waals surface area contributed by atoms with Crippen LogP contribution in [0.1, 0.15) is 39.0 Å². The Bertz CT molecular complexity index is 227. The SMILES string of the molecule is CCCC(N)CC(=O)N(C)CCN1CCCC1. The third-order valence-corrected chi connectivity index (χ3v) is 3.47. The van der Waals surface area contributed by atoms with Crippen LogP contribution in [0.5, 0.6) is 0 Å². The highest BCUT2D eigenvalue weighted by atomic mass is 16.2. The highest BCUT2D eigenvalue weighted by Gasteiger charge is 2.16. The largest absolute Gasteiger partial charge is 0.344 e. The number of hydrogen-bond donors (Lipinski definition) is 1. The molecule has 1 amide bonds. The molecule has 1 atom stereocenters. The maximum Gasteiger partial charge on any atom is 0.223 e. The first-order valence-electron chi connectivity index (χ1n) is 6.85. The topological polar surface area (TPSA) is 49.6 Å². The van der Waals surface area contributed by atoms with Gasteiger partial charge in [-0.15, -0.1) is 0 Å². The Hall–Kier alpha value is -0.610. The Kier molecular flexibility index (Phi) is 6.52. The fourth-order valence-corrected chi connectivity index (χ4v) is 2.28. The van der Waals surface area contributed by atoms with Crippen molar-refractivity contribution in [2.75, 3.05) is 33.2 Å². The van der Waals surface area contributed by atoms with Crippen LogP contribution in [-0.2, 0) is 4.79 Å². The second-order valence-electron chi connectivity index (χ2n) is 5.12. The first-order valence-corrected chi connectivity index (χ1v) is 6.85. The van der Waals surface area contributed by atoms with E-state index in [1.165, 1.54) is 25.9 Å². The van der Waals surface area contributed by atoms with Crippen molar-refractivity contribution < 1.29 is 4.79 Å². The lowest BCUT2D eigenvalue weighted by molar-refractivity contribution is -0.130. The van der Waals surface area contributed by atoms with Gasteiger partial charge in [-0.1, -0.05) is 13.3 Å². The third kappa shape index (κ3) is 5.50. The number of likely N-dealkylation sites (N-methyl/N-ethyl adjacent to an activating group) is 1. The Labute approximate surface area is 105 Å². The van der Waals surface area contributed by atoms with Crippen molar-refractivity contribution in [2.45, 2.75) is 45.1 Å². The number of amides is 1. The van der Waals surface area contributed by atoms with Gasteiger partial charge in [-0.05, 0) is 32.4 Å². The molecule has 0 aromatic carbocycles. The van der Waals surface area contributed by atoms with E-state index in [4.69, 9.17) is 5.73 Å². The summed E-state index contributed by atoms with van der Waals surface area (Å²) in [5, 5.41) is 0. The first kappa shape index (κ1) is 14.5. The van der Waals surface area contributed by atoms with Gasteiger partial charge in [0.05, 0.1) is 0 Å². The molecule has 4 nitrogen and oxygen atoms in total. The number of nitrogens with two attached hydrogens (primary N) is 1. The lowest BCUT2D eigenvalue weighted by Gasteiger charge is -2.22. The summed E-state index contributed by atoms with van der Waals surface area (Å²) < 4.78 is 0. The Morgan fingerprint density at radius 3 is 2.65 bits per heavy atom. The average Bonchev–Trinajstić information content (AvgIpc) is 2.78. The standard InChI is InChI=1S/C13H27N3O/c1-3-6-12(14)11-13(17)15(2)9-10-16-7-4-5-8-16/h12H,3-11,14H2,1-2H3. The number of carbonyl (C=O) groups is 1. The molecule has 0 aromatic heterocycles. The molecule has 0 bridgehead atoms. The van der Waals surface area contributed by atoms with Gasteiger partial charge in [0.1, 0.15) is 0 Å². The summed E-state index contributed by atoms with van der Waals surface area (Å²) in [7, 11) is 1.89. The molecule has 4 heteroatoms. The number of nitrogens with zero attached hydrogens (tertiary/aromatic N) is 2. The predicted molar refractivity (Wildman–Crippen MR) is 70.8 cm³/mol. The van der Waals surface area contributed by atoms with E-state index in [1.54, 1.807) is 0 Å². The van der Waals surface area contributed by atoms with Crippen LogP contribution < -0.4 is 5.73 Å². The Morgan fingerprint density at radius 2 is 2.06 bits per heavy atom. The number of carbonyl (C=O) groups excluding carboxylic acids is 1. The van der Waals surface area contributed by atoms with Gasteiger partial charge in [-0.25, -0.2) is 0 Å². The van der Waals surface area contributed by atoms with E-state index < -0.39 is 0 Å². The maximum absolute atomic E-state index is 11.9. The molecule has 2 N–H and O–H groups in total. The van der Waals surface area contributed by atoms with Gasteiger partial charge in [0, 0.05) is 32.6 Å². The maximum atomic E-state index is 11.9. The molecular formula is C13H27N3O. The zero-order valence-corrected chi connectivity index (χ0v) is 11.3. The van der Waals surface area contributed by atoms with E-state index >= 15 is 0 Å². The quantitative estimate of drug-likeness (QED) is 0.725. The van der Waals surface area contributed by atoms with Gasteiger partial charge in [0.15, 0.2) is 0 Å². The number of hydrogen-bond acceptors (Lipinski definition) is 3. The third-order valence-electron chi connectivity index (χ3n) is 3.47. The van der Waals surface area contributed by atoms with Gasteiger partial charge >= 0.3 is 0 Å². The van der Waals surface area contributed by atoms with E-state index in [0.29, 0.717) is 6.42 Å². The molecule has 1 fully saturated rings. The molecule has 1 unspecified atom stereocenters. The van der Waals surface area contributed by atoms with Gasteiger partial charge in [-0.2, -0.15) is 0 Å². The second kappa shape index (κ2) is 7.67. The van der Waals surface area contributed by atoms with Crippen molar-refractivity contribution in [2.24, 2.45) is 5.73 Å². The molecule has 1 rings (SSSR count). The van der Waals surface area contributed by atoms with Crippen LogP contribution in [-0.4, -0.2) is 55.0 Å². The summed E-state index contributed by atoms with van der Waals surface area (Å²) in [6.07, 6.45) is 5.08. The lowest BCUT2D eigenvalue weighted by atomic mass is 10.1.